The molecular formula is C15H19FN2. The molecule has 0 N–H and O–H groups in total. The number of allylic oxidation sites excluding steroid dienone is 1. The van der Waals surface area contributed by atoms with Gasteiger partial charge in [0.25, 0.3) is 0 Å². The minimum absolute atomic E-state index is 0.333. The first-order valence-electron chi connectivity index (χ1n) is 6.52. The number of aliphatic imine (C=N–C) groups is 1. The van der Waals surface area contributed by atoms with Crippen molar-refractivity contribution in [2.45, 2.75) is 45.1 Å². The highest BCUT2D eigenvalue weighted by Gasteiger charge is 2.14. The van der Waals surface area contributed by atoms with Crippen molar-refractivity contribution in [3.05, 3.63) is 36.4 Å². The Labute approximate surface area is 108 Å². The van der Waals surface area contributed by atoms with Crippen LogP contribution in [0.4, 0.5) is 4.39 Å². The first kappa shape index (κ1) is 12.9. The highest BCUT2D eigenvalue weighted by atomic mass is 19.1. The third kappa shape index (κ3) is 3.03. The van der Waals surface area contributed by atoms with Crippen molar-refractivity contribution < 1.29 is 4.39 Å². The molecule has 1 saturated carbocycles. The molecule has 2 rings (SSSR count). The Morgan fingerprint density at radius 2 is 2.11 bits per heavy atom. The second-order valence-corrected chi connectivity index (χ2v) is 4.84. The minimum Gasteiger partial charge on any atom is -0.286 e. The second-order valence-electron chi connectivity index (χ2n) is 4.84. The minimum atomic E-state index is -0.333. The van der Waals surface area contributed by atoms with Gasteiger partial charge in [-0.15, -0.1) is 0 Å². The van der Waals surface area contributed by atoms with Crippen molar-refractivity contribution in [1.29, 1.82) is 0 Å². The normalized spacial score (nSPS) is 17.8. The fraction of sp³-hybridized carbons (Fsp3) is 0.467. The predicted molar refractivity (Wildman–Crippen MR) is 73.2 cm³/mol. The second kappa shape index (κ2) is 5.89. The maximum atomic E-state index is 13.6. The molecule has 1 aromatic rings. The average molecular weight is 246 g/mol. The largest absolute Gasteiger partial charge is 0.286 e. The van der Waals surface area contributed by atoms with Crippen LogP contribution in [0.25, 0.3) is 5.57 Å². The standard InChI is InChI=1S/C15H19FN2/c1-11(14-8-9-17-10-15(14)16)12(2)18-13-6-4-3-5-7-13/h8-10,13H,1,3-7H2,2H3. The number of rotatable bonds is 3. The van der Waals surface area contributed by atoms with Gasteiger partial charge in [-0.2, -0.15) is 0 Å². The SMILES string of the molecule is C=C(C(C)=NC1CCCCC1)c1ccncc1F. The van der Waals surface area contributed by atoms with Gasteiger partial charge in [0.05, 0.1) is 12.2 Å². The summed E-state index contributed by atoms with van der Waals surface area (Å²) in [5, 5.41) is 0. The van der Waals surface area contributed by atoms with Crippen LogP contribution in [0.3, 0.4) is 0 Å². The van der Waals surface area contributed by atoms with Gasteiger partial charge in [0.2, 0.25) is 0 Å². The van der Waals surface area contributed by atoms with Crippen molar-refractivity contribution in [1.82, 2.24) is 4.98 Å². The summed E-state index contributed by atoms with van der Waals surface area (Å²) in [5.41, 5.74) is 2.01. The third-order valence-electron chi connectivity index (χ3n) is 3.49. The van der Waals surface area contributed by atoms with Gasteiger partial charge >= 0.3 is 0 Å². The van der Waals surface area contributed by atoms with Crippen molar-refractivity contribution >= 4 is 11.3 Å². The molecule has 0 aliphatic heterocycles. The third-order valence-corrected chi connectivity index (χ3v) is 3.49. The lowest BCUT2D eigenvalue weighted by molar-refractivity contribution is 0.443. The summed E-state index contributed by atoms with van der Waals surface area (Å²) in [7, 11) is 0. The van der Waals surface area contributed by atoms with Gasteiger partial charge in [0.15, 0.2) is 0 Å². The molecule has 1 heterocycles. The molecule has 0 saturated heterocycles. The predicted octanol–water partition coefficient (Wildman–Crippen LogP) is 4.03. The van der Waals surface area contributed by atoms with Crippen LogP contribution < -0.4 is 0 Å². The van der Waals surface area contributed by atoms with E-state index in [4.69, 9.17) is 0 Å². The Balaban J connectivity index is 2.13. The summed E-state index contributed by atoms with van der Waals surface area (Å²) < 4.78 is 13.6. The number of halogens is 1. The van der Waals surface area contributed by atoms with Gasteiger partial charge in [-0.25, -0.2) is 4.39 Å². The molecule has 2 nitrogen and oxygen atoms in total. The van der Waals surface area contributed by atoms with Crippen LogP contribution in [0.2, 0.25) is 0 Å². The molecule has 0 unspecified atom stereocenters. The molecule has 1 aliphatic carbocycles. The molecule has 0 atom stereocenters. The summed E-state index contributed by atoms with van der Waals surface area (Å²) in [4.78, 5) is 8.43. The van der Waals surface area contributed by atoms with Gasteiger partial charge in [-0.05, 0) is 31.4 Å². The van der Waals surface area contributed by atoms with E-state index in [9.17, 15) is 4.39 Å². The van der Waals surface area contributed by atoms with Gasteiger partial charge in [-0.3, -0.25) is 9.98 Å². The Morgan fingerprint density at radius 3 is 2.78 bits per heavy atom. The van der Waals surface area contributed by atoms with E-state index in [0.29, 0.717) is 17.2 Å². The fourth-order valence-electron chi connectivity index (χ4n) is 2.38. The average Bonchev–Trinajstić information content (AvgIpc) is 2.39. The maximum absolute atomic E-state index is 13.6. The van der Waals surface area contributed by atoms with Crippen LogP contribution in [0.15, 0.2) is 30.0 Å². The van der Waals surface area contributed by atoms with Gasteiger partial charge in [0, 0.05) is 17.5 Å². The van der Waals surface area contributed by atoms with Crippen molar-refractivity contribution in [2.24, 2.45) is 4.99 Å². The Hall–Kier alpha value is -1.51. The number of aromatic nitrogens is 1. The first-order chi connectivity index (χ1) is 8.68. The molecular weight excluding hydrogens is 227 g/mol. The van der Waals surface area contributed by atoms with Crippen LogP contribution >= 0.6 is 0 Å². The van der Waals surface area contributed by atoms with Gasteiger partial charge in [0.1, 0.15) is 5.82 Å². The lowest BCUT2D eigenvalue weighted by atomic mass is 9.95. The molecule has 0 radical (unpaired) electrons. The molecule has 96 valence electrons. The van der Waals surface area contributed by atoms with E-state index in [1.807, 2.05) is 6.92 Å². The van der Waals surface area contributed by atoms with E-state index < -0.39 is 0 Å². The molecule has 3 heteroatoms. The zero-order valence-electron chi connectivity index (χ0n) is 10.8. The van der Waals surface area contributed by atoms with Crippen molar-refractivity contribution in [2.75, 3.05) is 0 Å². The lowest BCUT2D eigenvalue weighted by Gasteiger charge is -2.19. The monoisotopic (exact) mass is 246 g/mol. The zero-order valence-corrected chi connectivity index (χ0v) is 10.8. The lowest BCUT2D eigenvalue weighted by Crippen LogP contribution is -2.12. The molecule has 1 aliphatic rings. The highest BCUT2D eigenvalue weighted by molar-refractivity contribution is 6.22. The summed E-state index contributed by atoms with van der Waals surface area (Å²) in [6.45, 7) is 5.87. The van der Waals surface area contributed by atoms with Gasteiger partial charge < -0.3 is 0 Å². The smallest absolute Gasteiger partial charge is 0.149 e. The maximum Gasteiger partial charge on any atom is 0.149 e. The highest BCUT2D eigenvalue weighted by Crippen LogP contribution is 2.23. The summed E-state index contributed by atoms with van der Waals surface area (Å²) in [5.74, 6) is -0.333. The zero-order chi connectivity index (χ0) is 13.0. The molecule has 0 spiro atoms. The van der Waals surface area contributed by atoms with E-state index in [-0.39, 0.29) is 5.82 Å². The first-order valence-corrected chi connectivity index (χ1v) is 6.52. The number of hydrogen-bond donors (Lipinski definition) is 0. The summed E-state index contributed by atoms with van der Waals surface area (Å²) >= 11 is 0. The molecule has 1 aromatic heterocycles. The molecule has 0 bridgehead atoms. The number of pyridine rings is 1. The molecule has 18 heavy (non-hydrogen) atoms. The molecule has 1 fully saturated rings. The van der Waals surface area contributed by atoms with E-state index >= 15 is 0 Å². The topological polar surface area (TPSA) is 25.2 Å². The number of nitrogens with zero attached hydrogens (tertiary/aromatic N) is 2. The van der Waals surface area contributed by atoms with Crippen molar-refractivity contribution in [3.63, 3.8) is 0 Å². The van der Waals surface area contributed by atoms with Crippen LogP contribution in [0.5, 0.6) is 0 Å². The van der Waals surface area contributed by atoms with E-state index in [1.54, 1.807) is 12.3 Å². The summed E-state index contributed by atoms with van der Waals surface area (Å²) in [6, 6.07) is 2.04. The molecule has 0 amide bonds. The Kier molecular flexibility index (Phi) is 4.24. The fourth-order valence-corrected chi connectivity index (χ4v) is 2.38. The van der Waals surface area contributed by atoms with E-state index in [0.717, 1.165) is 18.6 Å². The summed E-state index contributed by atoms with van der Waals surface area (Å²) in [6.07, 6.45) is 8.89. The quantitative estimate of drug-likeness (QED) is 0.739. The van der Waals surface area contributed by atoms with E-state index in [2.05, 4.69) is 16.6 Å². The van der Waals surface area contributed by atoms with E-state index in [1.165, 1.54) is 25.5 Å². The van der Waals surface area contributed by atoms with Crippen LogP contribution in [-0.4, -0.2) is 16.7 Å². The number of hydrogen-bond acceptors (Lipinski definition) is 2. The Morgan fingerprint density at radius 1 is 1.39 bits per heavy atom. The Bertz CT molecular complexity index is 459. The van der Waals surface area contributed by atoms with Crippen LogP contribution in [0.1, 0.15) is 44.6 Å². The van der Waals surface area contributed by atoms with Gasteiger partial charge in [-0.1, -0.05) is 25.8 Å². The van der Waals surface area contributed by atoms with Crippen LogP contribution in [-0.2, 0) is 0 Å². The van der Waals surface area contributed by atoms with Crippen LogP contribution in [0, 0.1) is 5.82 Å². The molecule has 0 aromatic carbocycles. The van der Waals surface area contributed by atoms with Crippen molar-refractivity contribution in [3.8, 4) is 0 Å².